The van der Waals surface area contributed by atoms with Crippen LogP contribution >= 0.6 is 23.1 Å². The quantitative estimate of drug-likeness (QED) is 0.682. The van der Waals surface area contributed by atoms with Gasteiger partial charge in [-0.05, 0) is 36.6 Å². The smallest absolute Gasteiger partial charge is 0.355 e. The largest absolute Gasteiger partial charge is 0.476 e. The number of thiazole rings is 1. The number of carbonyl (C=O) groups excluding carboxylic acids is 1. The first-order valence-electron chi connectivity index (χ1n) is 8.49. The molecule has 2 aromatic rings. The standard InChI is InChI=1S/C18H20FN3O3S2/c1-10-2-3-11(19)8-12(10)16(20)14-4-5-15(23)22(14)6-7-26-18-21-13(9-27-18)17(24)25/h2-3,8-9,14,16H,4-7,20H2,1H3,(H,24,25)/t14-,16?/m1/s1. The van der Waals surface area contributed by atoms with Gasteiger partial charge < -0.3 is 15.7 Å². The van der Waals surface area contributed by atoms with Gasteiger partial charge in [-0.25, -0.2) is 14.2 Å². The highest BCUT2D eigenvalue weighted by molar-refractivity contribution is 8.01. The van der Waals surface area contributed by atoms with Crippen molar-refractivity contribution in [2.24, 2.45) is 5.73 Å². The number of rotatable bonds is 7. The molecule has 0 aliphatic carbocycles. The molecular weight excluding hydrogens is 389 g/mol. The van der Waals surface area contributed by atoms with Crippen molar-refractivity contribution in [3.63, 3.8) is 0 Å². The average Bonchev–Trinajstić information content (AvgIpc) is 3.24. The van der Waals surface area contributed by atoms with E-state index in [0.717, 1.165) is 11.1 Å². The summed E-state index contributed by atoms with van der Waals surface area (Å²) in [5.74, 6) is -0.765. The number of halogens is 1. The molecule has 3 N–H and O–H groups in total. The normalized spacial score (nSPS) is 18.1. The molecule has 27 heavy (non-hydrogen) atoms. The molecule has 1 aliphatic heterocycles. The Morgan fingerprint density at radius 2 is 2.33 bits per heavy atom. The third-order valence-electron chi connectivity index (χ3n) is 4.65. The van der Waals surface area contributed by atoms with Gasteiger partial charge >= 0.3 is 5.97 Å². The van der Waals surface area contributed by atoms with E-state index in [2.05, 4.69) is 4.98 Å². The van der Waals surface area contributed by atoms with E-state index in [4.69, 9.17) is 10.8 Å². The number of hydrogen-bond donors (Lipinski definition) is 2. The number of likely N-dealkylation sites (tertiary alicyclic amines) is 1. The van der Waals surface area contributed by atoms with Gasteiger partial charge in [0.2, 0.25) is 5.91 Å². The number of carboxylic acids is 1. The van der Waals surface area contributed by atoms with Gasteiger partial charge in [-0.1, -0.05) is 17.8 Å². The molecule has 1 aliphatic rings. The minimum Gasteiger partial charge on any atom is -0.476 e. The summed E-state index contributed by atoms with van der Waals surface area (Å²) in [5.41, 5.74) is 8.05. The molecule has 0 spiro atoms. The van der Waals surface area contributed by atoms with E-state index in [1.807, 2.05) is 6.92 Å². The average molecular weight is 410 g/mol. The fourth-order valence-electron chi connectivity index (χ4n) is 3.25. The molecule has 1 aromatic heterocycles. The van der Waals surface area contributed by atoms with Crippen molar-refractivity contribution < 1.29 is 19.1 Å². The third-order valence-corrected chi connectivity index (χ3v) is 6.65. The van der Waals surface area contributed by atoms with E-state index < -0.39 is 12.0 Å². The molecule has 6 nitrogen and oxygen atoms in total. The first-order valence-corrected chi connectivity index (χ1v) is 10.4. The second-order valence-electron chi connectivity index (χ2n) is 6.37. The van der Waals surface area contributed by atoms with E-state index >= 15 is 0 Å². The van der Waals surface area contributed by atoms with Gasteiger partial charge in [0, 0.05) is 24.1 Å². The maximum Gasteiger partial charge on any atom is 0.355 e. The summed E-state index contributed by atoms with van der Waals surface area (Å²) < 4.78 is 14.3. The van der Waals surface area contributed by atoms with E-state index in [1.165, 1.54) is 40.6 Å². The summed E-state index contributed by atoms with van der Waals surface area (Å²) >= 11 is 2.68. The van der Waals surface area contributed by atoms with E-state index in [1.54, 1.807) is 11.0 Å². The van der Waals surface area contributed by atoms with Crippen LogP contribution in [0.4, 0.5) is 4.39 Å². The molecule has 1 unspecified atom stereocenters. The van der Waals surface area contributed by atoms with Crippen LogP contribution in [-0.4, -0.2) is 45.2 Å². The minimum absolute atomic E-state index is 0.0289. The van der Waals surface area contributed by atoms with Crippen LogP contribution in [0, 0.1) is 12.7 Å². The van der Waals surface area contributed by atoms with Gasteiger partial charge in [0.05, 0.1) is 12.1 Å². The Kier molecular flexibility index (Phi) is 6.13. The number of aromatic carboxylic acids is 1. The number of hydrogen-bond acceptors (Lipinski definition) is 6. The second-order valence-corrected chi connectivity index (χ2v) is 8.57. The maximum absolute atomic E-state index is 13.6. The topological polar surface area (TPSA) is 96.5 Å². The lowest BCUT2D eigenvalue weighted by Gasteiger charge is -2.30. The predicted octanol–water partition coefficient (Wildman–Crippen LogP) is 3.07. The highest BCUT2D eigenvalue weighted by Gasteiger charge is 2.35. The highest BCUT2D eigenvalue weighted by Crippen LogP contribution is 2.31. The zero-order valence-electron chi connectivity index (χ0n) is 14.7. The number of carbonyl (C=O) groups is 2. The van der Waals surface area contributed by atoms with Crippen LogP contribution in [0.5, 0.6) is 0 Å². The van der Waals surface area contributed by atoms with Crippen molar-refractivity contribution >= 4 is 35.0 Å². The molecule has 1 saturated heterocycles. The Hall–Kier alpha value is -1.97. The summed E-state index contributed by atoms with van der Waals surface area (Å²) in [6.07, 6.45) is 1.07. The molecule has 0 bridgehead atoms. The molecule has 2 heterocycles. The Morgan fingerprint density at radius 3 is 3.04 bits per heavy atom. The first-order chi connectivity index (χ1) is 12.9. The number of aromatic nitrogens is 1. The van der Waals surface area contributed by atoms with Gasteiger partial charge in [0.1, 0.15) is 5.82 Å². The molecule has 144 valence electrons. The monoisotopic (exact) mass is 409 g/mol. The van der Waals surface area contributed by atoms with Crippen molar-refractivity contribution in [3.05, 3.63) is 46.2 Å². The zero-order chi connectivity index (χ0) is 19.6. The number of carboxylic acid groups (broad SMARTS) is 1. The van der Waals surface area contributed by atoms with E-state index in [0.29, 0.717) is 29.5 Å². The Balaban J connectivity index is 1.65. The zero-order valence-corrected chi connectivity index (χ0v) is 16.4. The van der Waals surface area contributed by atoms with Gasteiger partial charge in [-0.3, -0.25) is 4.79 Å². The number of nitrogens with zero attached hydrogens (tertiary/aromatic N) is 2. The van der Waals surface area contributed by atoms with Crippen LogP contribution in [0.3, 0.4) is 0 Å². The van der Waals surface area contributed by atoms with Crippen molar-refractivity contribution in [2.45, 2.75) is 36.2 Å². The lowest BCUT2D eigenvalue weighted by Crippen LogP contribution is -2.41. The van der Waals surface area contributed by atoms with Crippen molar-refractivity contribution in [1.82, 2.24) is 9.88 Å². The van der Waals surface area contributed by atoms with Crippen LogP contribution in [-0.2, 0) is 4.79 Å². The first kappa shape index (κ1) is 19.8. The van der Waals surface area contributed by atoms with Gasteiger partial charge in [-0.15, -0.1) is 11.3 Å². The second kappa shape index (κ2) is 8.37. The molecule has 3 rings (SSSR count). The summed E-state index contributed by atoms with van der Waals surface area (Å²) in [4.78, 5) is 29.0. The van der Waals surface area contributed by atoms with E-state index in [9.17, 15) is 14.0 Å². The number of amides is 1. The maximum atomic E-state index is 13.6. The lowest BCUT2D eigenvalue weighted by molar-refractivity contribution is -0.128. The summed E-state index contributed by atoms with van der Waals surface area (Å²) in [5, 5.41) is 10.4. The van der Waals surface area contributed by atoms with Gasteiger partial charge in [0.25, 0.3) is 0 Å². The van der Waals surface area contributed by atoms with Crippen LogP contribution in [0.1, 0.15) is 40.5 Å². The van der Waals surface area contributed by atoms with Crippen LogP contribution in [0.2, 0.25) is 0 Å². The van der Waals surface area contributed by atoms with Crippen LogP contribution in [0.25, 0.3) is 0 Å². The minimum atomic E-state index is -1.05. The summed E-state index contributed by atoms with van der Waals surface area (Å²) in [6.45, 7) is 2.37. The fraction of sp³-hybridized carbons (Fsp3) is 0.389. The molecule has 0 saturated carbocycles. The SMILES string of the molecule is Cc1ccc(F)cc1C(N)[C@H]1CCC(=O)N1CCSc1nc(C(=O)O)cs1. The van der Waals surface area contributed by atoms with Crippen LogP contribution < -0.4 is 5.73 Å². The van der Waals surface area contributed by atoms with Crippen molar-refractivity contribution in [2.75, 3.05) is 12.3 Å². The molecule has 0 radical (unpaired) electrons. The molecule has 9 heteroatoms. The van der Waals surface area contributed by atoms with E-state index in [-0.39, 0.29) is 23.5 Å². The molecule has 1 aromatic carbocycles. The highest BCUT2D eigenvalue weighted by atomic mass is 32.2. The Morgan fingerprint density at radius 1 is 1.56 bits per heavy atom. The number of aryl methyl sites for hydroxylation is 1. The molecule has 1 fully saturated rings. The van der Waals surface area contributed by atoms with Crippen LogP contribution in [0.15, 0.2) is 27.9 Å². The molecule has 2 atom stereocenters. The predicted molar refractivity (Wildman–Crippen MR) is 103 cm³/mol. The van der Waals surface area contributed by atoms with Gasteiger partial charge in [-0.2, -0.15) is 0 Å². The fourth-order valence-corrected chi connectivity index (χ4v) is 5.06. The molecule has 1 amide bonds. The van der Waals surface area contributed by atoms with Crippen molar-refractivity contribution in [3.8, 4) is 0 Å². The number of thioether (sulfide) groups is 1. The summed E-state index contributed by atoms with van der Waals surface area (Å²) in [6, 6.07) is 3.92. The Labute approximate surface area is 164 Å². The number of benzene rings is 1. The Bertz CT molecular complexity index is 858. The van der Waals surface area contributed by atoms with Gasteiger partial charge in [0.15, 0.2) is 10.0 Å². The third kappa shape index (κ3) is 4.48. The summed E-state index contributed by atoms with van der Waals surface area (Å²) in [7, 11) is 0. The number of nitrogens with two attached hydrogens (primary N) is 1. The lowest BCUT2D eigenvalue weighted by atomic mass is 9.94. The van der Waals surface area contributed by atoms with Crippen molar-refractivity contribution in [1.29, 1.82) is 0 Å². The molecular formula is C18H20FN3O3S2.